The predicted molar refractivity (Wildman–Crippen MR) is 121 cm³/mol. The van der Waals surface area contributed by atoms with Crippen molar-refractivity contribution in [3.05, 3.63) is 77.0 Å². The molecule has 1 saturated heterocycles. The Morgan fingerprint density at radius 2 is 1.60 bits per heavy atom. The van der Waals surface area contributed by atoms with Crippen LogP contribution in [-0.2, 0) is 0 Å². The van der Waals surface area contributed by atoms with Gasteiger partial charge < -0.3 is 15.1 Å². The number of hydrogen-bond acceptors (Lipinski definition) is 5. The molecule has 1 aliphatic heterocycles. The smallest absolute Gasteiger partial charge is 0.254 e. The lowest BCUT2D eigenvalue weighted by molar-refractivity contribution is 0.0745. The van der Waals surface area contributed by atoms with E-state index in [0.717, 1.165) is 28.3 Å². The summed E-state index contributed by atoms with van der Waals surface area (Å²) in [6.45, 7) is 8.77. The molecular weight excluding hydrogens is 374 g/mol. The lowest BCUT2D eigenvalue weighted by Gasteiger charge is -2.35. The van der Waals surface area contributed by atoms with Crippen LogP contribution >= 0.6 is 0 Å². The van der Waals surface area contributed by atoms with Gasteiger partial charge in [0.15, 0.2) is 0 Å². The maximum absolute atomic E-state index is 12.9. The summed E-state index contributed by atoms with van der Waals surface area (Å²) < 4.78 is 0. The van der Waals surface area contributed by atoms with Gasteiger partial charge in [-0.25, -0.2) is 4.98 Å². The van der Waals surface area contributed by atoms with Crippen molar-refractivity contribution in [2.45, 2.75) is 20.8 Å². The molecule has 2 heterocycles. The van der Waals surface area contributed by atoms with Crippen molar-refractivity contribution >= 4 is 23.4 Å². The van der Waals surface area contributed by atoms with E-state index in [0.29, 0.717) is 32.1 Å². The van der Waals surface area contributed by atoms with Gasteiger partial charge in [0.25, 0.3) is 5.91 Å². The molecular formula is C24H27N5O. The van der Waals surface area contributed by atoms with Gasteiger partial charge in [-0.1, -0.05) is 35.9 Å². The fourth-order valence-electron chi connectivity index (χ4n) is 3.64. The molecule has 1 aromatic heterocycles. The highest BCUT2D eigenvalue weighted by atomic mass is 16.2. The summed E-state index contributed by atoms with van der Waals surface area (Å²) in [5.41, 5.74) is 4.92. The minimum atomic E-state index is 0.0969. The number of carbonyl (C=O) groups excluding carboxylic acids is 1. The first-order valence-corrected chi connectivity index (χ1v) is 10.3. The van der Waals surface area contributed by atoms with E-state index in [1.165, 1.54) is 5.56 Å². The first kappa shape index (κ1) is 19.9. The monoisotopic (exact) mass is 401 g/mol. The molecule has 3 aromatic rings. The van der Waals surface area contributed by atoms with E-state index in [1.807, 2.05) is 61.2 Å². The Balaban J connectivity index is 1.44. The Labute approximate surface area is 177 Å². The van der Waals surface area contributed by atoms with Crippen molar-refractivity contribution in [1.82, 2.24) is 14.9 Å². The van der Waals surface area contributed by atoms with Crippen LogP contribution in [0.5, 0.6) is 0 Å². The largest absolute Gasteiger partial charge is 0.340 e. The SMILES string of the molecule is Cc1ccc(Nc2cc(C)nc(N3CCN(C(=O)c4ccccc4C)CC3)n2)cc1. The highest BCUT2D eigenvalue weighted by Crippen LogP contribution is 2.20. The molecule has 0 aliphatic carbocycles. The summed E-state index contributed by atoms with van der Waals surface area (Å²) in [5, 5.41) is 3.36. The minimum absolute atomic E-state index is 0.0969. The molecule has 6 heteroatoms. The Kier molecular flexibility index (Phi) is 5.65. The zero-order valence-corrected chi connectivity index (χ0v) is 17.7. The van der Waals surface area contributed by atoms with Crippen molar-refractivity contribution in [2.24, 2.45) is 0 Å². The van der Waals surface area contributed by atoms with Crippen molar-refractivity contribution in [1.29, 1.82) is 0 Å². The highest BCUT2D eigenvalue weighted by Gasteiger charge is 2.24. The summed E-state index contributed by atoms with van der Waals surface area (Å²) in [6.07, 6.45) is 0. The molecule has 0 radical (unpaired) electrons. The molecule has 0 saturated carbocycles. The number of hydrogen-bond donors (Lipinski definition) is 1. The molecule has 154 valence electrons. The van der Waals surface area contributed by atoms with Gasteiger partial charge in [-0.15, -0.1) is 0 Å². The average molecular weight is 402 g/mol. The molecule has 0 atom stereocenters. The lowest BCUT2D eigenvalue weighted by Crippen LogP contribution is -2.49. The number of piperazine rings is 1. The Morgan fingerprint density at radius 3 is 2.30 bits per heavy atom. The van der Waals surface area contributed by atoms with Crippen LogP contribution in [0, 0.1) is 20.8 Å². The topological polar surface area (TPSA) is 61.4 Å². The molecule has 1 fully saturated rings. The quantitative estimate of drug-likeness (QED) is 0.713. The molecule has 1 aliphatic rings. The second-order valence-electron chi connectivity index (χ2n) is 7.78. The number of nitrogens with one attached hydrogen (secondary N) is 1. The van der Waals surface area contributed by atoms with Crippen LogP contribution in [0.25, 0.3) is 0 Å². The molecule has 6 nitrogen and oxygen atoms in total. The lowest BCUT2D eigenvalue weighted by atomic mass is 10.1. The molecule has 2 aromatic carbocycles. The van der Waals surface area contributed by atoms with Gasteiger partial charge >= 0.3 is 0 Å². The average Bonchev–Trinajstić information content (AvgIpc) is 2.75. The van der Waals surface area contributed by atoms with Gasteiger partial charge in [-0.05, 0) is 44.5 Å². The Bertz CT molecular complexity index is 1040. The van der Waals surface area contributed by atoms with E-state index in [4.69, 9.17) is 4.98 Å². The van der Waals surface area contributed by atoms with E-state index >= 15 is 0 Å². The number of carbonyl (C=O) groups is 1. The molecule has 1 N–H and O–H groups in total. The Morgan fingerprint density at radius 1 is 0.900 bits per heavy atom. The molecule has 0 unspecified atom stereocenters. The van der Waals surface area contributed by atoms with Gasteiger partial charge in [0.2, 0.25) is 5.95 Å². The summed E-state index contributed by atoms with van der Waals surface area (Å²) in [5.74, 6) is 1.58. The second-order valence-corrected chi connectivity index (χ2v) is 7.78. The number of rotatable bonds is 4. The summed E-state index contributed by atoms with van der Waals surface area (Å²) in [7, 11) is 0. The molecule has 0 bridgehead atoms. The van der Waals surface area contributed by atoms with Crippen LogP contribution in [0.3, 0.4) is 0 Å². The van der Waals surface area contributed by atoms with Gasteiger partial charge in [-0.3, -0.25) is 4.79 Å². The van der Waals surface area contributed by atoms with Gasteiger partial charge in [0, 0.05) is 49.2 Å². The van der Waals surface area contributed by atoms with E-state index in [-0.39, 0.29) is 5.91 Å². The van der Waals surface area contributed by atoms with Gasteiger partial charge in [-0.2, -0.15) is 4.98 Å². The number of aryl methyl sites for hydroxylation is 3. The summed E-state index contributed by atoms with van der Waals surface area (Å²) >= 11 is 0. The maximum Gasteiger partial charge on any atom is 0.254 e. The number of benzene rings is 2. The van der Waals surface area contributed by atoms with Gasteiger partial charge in [0.05, 0.1) is 0 Å². The summed E-state index contributed by atoms with van der Waals surface area (Å²) in [4.78, 5) is 26.3. The third-order valence-corrected chi connectivity index (χ3v) is 5.39. The van der Waals surface area contributed by atoms with Crippen molar-refractivity contribution in [3.63, 3.8) is 0 Å². The highest BCUT2D eigenvalue weighted by molar-refractivity contribution is 5.95. The number of nitrogens with zero attached hydrogens (tertiary/aromatic N) is 4. The summed E-state index contributed by atoms with van der Waals surface area (Å²) in [6, 6.07) is 17.9. The first-order valence-electron chi connectivity index (χ1n) is 10.3. The van der Waals surface area contributed by atoms with Crippen LogP contribution < -0.4 is 10.2 Å². The number of aromatic nitrogens is 2. The number of anilines is 3. The van der Waals surface area contributed by atoms with E-state index in [9.17, 15) is 4.79 Å². The van der Waals surface area contributed by atoms with Crippen LogP contribution in [0.4, 0.5) is 17.5 Å². The van der Waals surface area contributed by atoms with Crippen LogP contribution in [-0.4, -0.2) is 47.0 Å². The first-order chi connectivity index (χ1) is 14.5. The third kappa shape index (κ3) is 4.43. The number of amides is 1. The fourth-order valence-corrected chi connectivity index (χ4v) is 3.64. The zero-order chi connectivity index (χ0) is 21.1. The molecule has 0 spiro atoms. The Hall–Kier alpha value is -3.41. The third-order valence-electron chi connectivity index (χ3n) is 5.39. The minimum Gasteiger partial charge on any atom is -0.340 e. The van der Waals surface area contributed by atoms with Crippen LogP contribution in [0.2, 0.25) is 0 Å². The van der Waals surface area contributed by atoms with E-state index in [1.54, 1.807) is 0 Å². The van der Waals surface area contributed by atoms with E-state index in [2.05, 4.69) is 34.3 Å². The predicted octanol–water partition coefficient (Wildman–Crippen LogP) is 4.11. The van der Waals surface area contributed by atoms with Gasteiger partial charge in [0.1, 0.15) is 5.82 Å². The molecule has 1 amide bonds. The second kappa shape index (κ2) is 8.53. The van der Waals surface area contributed by atoms with Crippen molar-refractivity contribution in [2.75, 3.05) is 36.4 Å². The maximum atomic E-state index is 12.9. The van der Waals surface area contributed by atoms with Crippen LogP contribution in [0.15, 0.2) is 54.6 Å². The molecule has 4 rings (SSSR count). The van der Waals surface area contributed by atoms with E-state index < -0.39 is 0 Å². The zero-order valence-electron chi connectivity index (χ0n) is 17.7. The fraction of sp³-hybridized carbons (Fsp3) is 0.292. The normalized spacial score (nSPS) is 14.0. The van der Waals surface area contributed by atoms with Crippen molar-refractivity contribution < 1.29 is 4.79 Å². The van der Waals surface area contributed by atoms with Crippen LogP contribution in [0.1, 0.15) is 27.2 Å². The van der Waals surface area contributed by atoms with Crippen molar-refractivity contribution in [3.8, 4) is 0 Å². The molecule has 30 heavy (non-hydrogen) atoms. The standard InChI is InChI=1S/C24H27N5O/c1-17-8-10-20(11-9-17)26-22-16-19(3)25-24(27-22)29-14-12-28(13-15-29)23(30)21-7-5-4-6-18(21)2/h4-11,16H,12-15H2,1-3H3,(H,25,26,27).